The Bertz CT molecular complexity index is 106. The Labute approximate surface area is 61.9 Å². The van der Waals surface area contributed by atoms with Gasteiger partial charge in [0.15, 0.2) is 0 Å². The van der Waals surface area contributed by atoms with Crippen molar-refractivity contribution in [3.63, 3.8) is 0 Å². The van der Waals surface area contributed by atoms with Crippen molar-refractivity contribution in [2.24, 2.45) is 5.92 Å². The molecule has 0 amide bonds. The second kappa shape index (κ2) is 2.89. The molecule has 0 aromatic heterocycles. The minimum absolute atomic E-state index is 0.668. The first-order chi connectivity index (χ1) is 4.95. The molecule has 2 rings (SSSR count). The topological polar surface area (TPSA) is 21.3 Å². The van der Waals surface area contributed by atoms with Gasteiger partial charge < -0.3 is 10.1 Å². The van der Waals surface area contributed by atoms with Crippen LogP contribution in [0.4, 0.5) is 0 Å². The molecular weight excluding hydrogens is 126 g/mol. The molecule has 1 aliphatic heterocycles. The molecule has 1 heterocycles. The Kier molecular flexibility index (Phi) is 1.91. The van der Waals surface area contributed by atoms with Crippen molar-refractivity contribution in [2.45, 2.75) is 25.3 Å². The van der Waals surface area contributed by atoms with Gasteiger partial charge in [-0.3, -0.25) is 0 Å². The molecule has 58 valence electrons. The third-order valence-corrected chi connectivity index (χ3v) is 2.31. The minimum atomic E-state index is 0.668. The predicted molar refractivity (Wildman–Crippen MR) is 40.0 cm³/mol. The molecule has 2 fully saturated rings. The number of nitrogens with one attached hydrogen (secondary N) is 1. The lowest BCUT2D eigenvalue weighted by molar-refractivity contribution is 0.0724. The van der Waals surface area contributed by atoms with E-state index in [0.29, 0.717) is 6.04 Å². The van der Waals surface area contributed by atoms with Gasteiger partial charge >= 0.3 is 0 Å². The molecule has 0 unspecified atom stereocenters. The first kappa shape index (κ1) is 6.62. The summed E-state index contributed by atoms with van der Waals surface area (Å²) in [7, 11) is 0. The highest BCUT2D eigenvalue weighted by molar-refractivity contribution is 4.81. The van der Waals surface area contributed by atoms with E-state index in [1.54, 1.807) is 0 Å². The van der Waals surface area contributed by atoms with Gasteiger partial charge in [0.2, 0.25) is 0 Å². The average Bonchev–Trinajstić information content (AvgIpc) is 2.74. The first-order valence-corrected chi connectivity index (χ1v) is 4.26. The lowest BCUT2D eigenvalue weighted by Crippen LogP contribution is -2.41. The average molecular weight is 141 g/mol. The zero-order valence-electron chi connectivity index (χ0n) is 6.31. The Hall–Kier alpha value is -0.0800. The third kappa shape index (κ3) is 1.70. The van der Waals surface area contributed by atoms with Gasteiger partial charge in [-0.05, 0) is 12.3 Å². The summed E-state index contributed by atoms with van der Waals surface area (Å²) in [5, 5.41) is 3.47. The summed E-state index contributed by atoms with van der Waals surface area (Å²) >= 11 is 0. The van der Waals surface area contributed by atoms with Crippen LogP contribution in [0.2, 0.25) is 0 Å². The number of hydrogen-bond acceptors (Lipinski definition) is 2. The summed E-state index contributed by atoms with van der Waals surface area (Å²) < 4.78 is 5.35. The van der Waals surface area contributed by atoms with Crippen LogP contribution in [-0.4, -0.2) is 25.8 Å². The summed E-state index contributed by atoms with van der Waals surface area (Å²) in [6.07, 6.45) is 4.26. The van der Waals surface area contributed by atoms with E-state index >= 15 is 0 Å². The van der Waals surface area contributed by atoms with Crippen LogP contribution in [-0.2, 0) is 4.74 Å². The van der Waals surface area contributed by atoms with E-state index in [-0.39, 0.29) is 0 Å². The van der Waals surface area contributed by atoms with E-state index < -0.39 is 0 Å². The molecule has 1 aliphatic carbocycles. The van der Waals surface area contributed by atoms with Crippen molar-refractivity contribution in [1.29, 1.82) is 0 Å². The number of hydrogen-bond donors (Lipinski definition) is 1. The van der Waals surface area contributed by atoms with E-state index in [1.807, 2.05) is 0 Å². The maximum Gasteiger partial charge on any atom is 0.0620 e. The summed E-state index contributed by atoms with van der Waals surface area (Å²) in [5.74, 6) is 1.03. The predicted octanol–water partition coefficient (Wildman–Crippen LogP) is 0.775. The van der Waals surface area contributed by atoms with E-state index in [9.17, 15) is 0 Å². The van der Waals surface area contributed by atoms with Crippen LogP contribution < -0.4 is 5.32 Å². The van der Waals surface area contributed by atoms with Gasteiger partial charge in [0, 0.05) is 12.6 Å². The summed E-state index contributed by atoms with van der Waals surface area (Å²) in [5.41, 5.74) is 0. The van der Waals surface area contributed by atoms with Crippen LogP contribution in [0, 0.1) is 5.92 Å². The molecule has 1 saturated heterocycles. The Balaban J connectivity index is 1.69. The van der Waals surface area contributed by atoms with Gasteiger partial charge in [0.05, 0.1) is 13.2 Å². The molecule has 0 radical (unpaired) electrons. The van der Waals surface area contributed by atoms with Crippen LogP contribution in [0.1, 0.15) is 19.3 Å². The van der Waals surface area contributed by atoms with Gasteiger partial charge in [0.25, 0.3) is 0 Å². The monoisotopic (exact) mass is 141 g/mol. The molecule has 1 N–H and O–H groups in total. The highest BCUT2D eigenvalue weighted by Crippen LogP contribution is 2.33. The zero-order valence-corrected chi connectivity index (χ0v) is 6.31. The summed E-state index contributed by atoms with van der Waals surface area (Å²) in [6, 6.07) is 0.668. The molecule has 0 aromatic carbocycles. The number of rotatable bonds is 2. The fraction of sp³-hybridized carbons (Fsp3) is 1.00. The van der Waals surface area contributed by atoms with Crippen LogP contribution in [0.15, 0.2) is 0 Å². The van der Waals surface area contributed by atoms with Crippen LogP contribution in [0.5, 0.6) is 0 Å². The SMILES string of the molecule is C1COC[C@H](CC2CC2)N1. The van der Waals surface area contributed by atoms with Crippen molar-refractivity contribution < 1.29 is 4.74 Å². The van der Waals surface area contributed by atoms with Crippen molar-refractivity contribution in [3.8, 4) is 0 Å². The highest BCUT2D eigenvalue weighted by Gasteiger charge is 2.26. The van der Waals surface area contributed by atoms with E-state index in [4.69, 9.17) is 4.74 Å². The van der Waals surface area contributed by atoms with Gasteiger partial charge in [-0.1, -0.05) is 12.8 Å². The maximum absolute atomic E-state index is 5.35. The molecule has 2 nitrogen and oxygen atoms in total. The zero-order chi connectivity index (χ0) is 6.81. The van der Waals surface area contributed by atoms with Gasteiger partial charge in [-0.25, -0.2) is 0 Å². The van der Waals surface area contributed by atoms with Crippen molar-refractivity contribution >= 4 is 0 Å². The molecule has 10 heavy (non-hydrogen) atoms. The van der Waals surface area contributed by atoms with Crippen molar-refractivity contribution in [3.05, 3.63) is 0 Å². The van der Waals surface area contributed by atoms with Gasteiger partial charge in [-0.15, -0.1) is 0 Å². The molecule has 0 bridgehead atoms. The standard InChI is InChI=1S/C8H15NO/c1-2-7(1)5-8-6-10-4-3-9-8/h7-9H,1-6H2/t8-/m0/s1. The molecule has 2 aliphatic rings. The quantitative estimate of drug-likeness (QED) is 0.613. The number of morpholine rings is 1. The largest absolute Gasteiger partial charge is 0.379 e. The maximum atomic E-state index is 5.35. The smallest absolute Gasteiger partial charge is 0.0620 e. The first-order valence-electron chi connectivity index (χ1n) is 4.26. The lowest BCUT2D eigenvalue weighted by Gasteiger charge is -2.23. The summed E-state index contributed by atoms with van der Waals surface area (Å²) in [4.78, 5) is 0. The third-order valence-electron chi connectivity index (χ3n) is 2.31. The van der Waals surface area contributed by atoms with E-state index in [2.05, 4.69) is 5.32 Å². The second-order valence-electron chi connectivity index (χ2n) is 3.41. The molecule has 0 aromatic rings. The Morgan fingerprint density at radius 2 is 2.30 bits per heavy atom. The number of ether oxygens (including phenoxy) is 1. The normalized spacial score (nSPS) is 34.2. The van der Waals surface area contributed by atoms with E-state index in [0.717, 1.165) is 25.7 Å². The second-order valence-corrected chi connectivity index (χ2v) is 3.41. The lowest BCUT2D eigenvalue weighted by atomic mass is 10.1. The Morgan fingerprint density at radius 3 is 2.90 bits per heavy atom. The van der Waals surface area contributed by atoms with Crippen LogP contribution >= 0.6 is 0 Å². The molecule has 2 heteroatoms. The fourth-order valence-corrected chi connectivity index (χ4v) is 1.53. The molecule has 1 atom stereocenters. The van der Waals surface area contributed by atoms with Gasteiger partial charge in [0.1, 0.15) is 0 Å². The minimum Gasteiger partial charge on any atom is -0.379 e. The fourth-order valence-electron chi connectivity index (χ4n) is 1.53. The van der Waals surface area contributed by atoms with Crippen molar-refractivity contribution in [1.82, 2.24) is 5.32 Å². The van der Waals surface area contributed by atoms with Crippen LogP contribution in [0.3, 0.4) is 0 Å². The van der Waals surface area contributed by atoms with Gasteiger partial charge in [-0.2, -0.15) is 0 Å². The molecular formula is C8H15NO. The van der Waals surface area contributed by atoms with Crippen molar-refractivity contribution in [2.75, 3.05) is 19.8 Å². The van der Waals surface area contributed by atoms with E-state index in [1.165, 1.54) is 19.3 Å². The summed E-state index contributed by atoms with van der Waals surface area (Å²) in [6.45, 7) is 2.90. The van der Waals surface area contributed by atoms with Crippen LogP contribution in [0.25, 0.3) is 0 Å². The highest BCUT2D eigenvalue weighted by atomic mass is 16.5. The molecule has 0 spiro atoms. The molecule has 1 saturated carbocycles. The Morgan fingerprint density at radius 1 is 1.40 bits per heavy atom.